The first-order valence-electron chi connectivity index (χ1n) is 7.12. The molecule has 1 aromatic carbocycles. The Morgan fingerprint density at radius 3 is 2.59 bits per heavy atom. The topological polar surface area (TPSA) is 56.3 Å². The highest BCUT2D eigenvalue weighted by atomic mass is 32.2. The predicted octanol–water partition coefficient (Wildman–Crippen LogP) is 2.54. The van der Waals surface area contributed by atoms with Gasteiger partial charge in [-0.1, -0.05) is 18.2 Å². The Morgan fingerprint density at radius 2 is 1.95 bits per heavy atom. The van der Waals surface area contributed by atoms with Gasteiger partial charge in [-0.3, -0.25) is 14.0 Å². The van der Waals surface area contributed by atoms with E-state index in [1.165, 1.54) is 0 Å². The summed E-state index contributed by atoms with van der Waals surface area (Å²) in [5, 5.41) is 0. The summed E-state index contributed by atoms with van der Waals surface area (Å²) in [5.74, 6) is -0.239. The molecule has 2 aromatic rings. The summed E-state index contributed by atoms with van der Waals surface area (Å²) >= 11 is 0. The van der Waals surface area contributed by atoms with Crippen LogP contribution < -0.4 is 0 Å². The van der Waals surface area contributed by atoms with Gasteiger partial charge in [-0.15, -0.1) is 0 Å². The first-order valence-corrected chi connectivity index (χ1v) is 8.68. The molecule has 1 aromatic heterocycles. The van der Waals surface area contributed by atoms with Crippen LogP contribution in [0.3, 0.4) is 0 Å². The second-order valence-corrected chi connectivity index (χ2v) is 6.34. The normalized spacial score (nSPS) is 11.9. The minimum Gasteiger partial charge on any atom is -0.465 e. The first kappa shape index (κ1) is 16.4. The predicted molar refractivity (Wildman–Crippen MR) is 86.0 cm³/mol. The average molecular weight is 317 g/mol. The average Bonchev–Trinajstić information content (AvgIpc) is 2.53. The van der Waals surface area contributed by atoms with Crippen molar-refractivity contribution >= 4 is 16.8 Å². The summed E-state index contributed by atoms with van der Waals surface area (Å²) in [7, 11) is -0.996. The van der Waals surface area contributed by atoms with Crippen molar-refractivity contribution in [3.8, 4) is 0 Å². The van der Waals surface area contributed by atoms with Crippen molar-refractivity contribution in [2.75, 3.05) is 12.9 Å². The molecule has 0 aliphatic heterocycles. The van der Waals surface area contributed by atoms with Crippen molar-refractivity contribution in [2.45, 2.75) is 24.2 Å². The third-order valence-electron chi connectivity index (χ3n) is 3.20. The lowest BCUT2D eigenvalue weighted by atomic mass is 10.1. The van der Waals surface area contributed by atoms with Gasteiger partial charge >= 0.3 is 5.97 Å². The lowest BCUT2D eigenvalue weighted by Crippen LogP contribution is -2.09. The summed E-state index contributed by atoms with van der Waals surface area (Å²) in [6, 6.07) is 11.1. The van der Waals surface area contributed by atoms with E-state index in [0.29, 0.717) is 6.61 Å². The van der Waals surface area contributed by atoms with Crippen LogP contribution in [0.5, 0.6) is 0 Å². The lowest BCUT2D eigenvalue weighted by Gasteiger charge is -2.05. The fourth-order valence-electron chi connectivity index (χ4n) is 2.02. The van der Waals surface area contributed by atoms with Crippen LogP contribution in [0.1, 0.15) is 17.5 Å². The fraction of sp³-hybridized carbons (Fsp3) is 0.294. The van der Waals surface area contributed by atoms with Crippen molar-refractivity contribution in [1.82, 2.24) is 4.98 Å². The second kappa shape index (κ2) is 8.44. The van der Waals surface area contributed by atoms with Crippen molar-refractivity contribution in [3.05, 3.63) is 59.9 Å². The van der Waals surface area contributed by atoms with Gasteiger partial charge in [-0.2, -0.15) is 0 Å². The number of aryl methyl sites for hydroxylation is 1. The fourth-order valence-corrected chi connectivity index (χ4v) is 2.54. The minimum absolute atomic E-state index is 0.239. The molecule has 0 saturated heterocycles. The Kier molecular flexibility index (Phi) is 6.27. The molecule has 4 nitrogen and oxygen atoms in total. The maximum Gasteiger partial charge on any atom is 0.310 e. The van der Waals surface area contributed by atoms with E-state index in [0.717, 1.165) is 28.9 Å². The molecule has 0 radical (unpaired) electrons. The molecule has 1 heterocycles. The number of pyridine rings is 1. The molecule has 0 aliphatic rings. The number of aromatic nitrogens is 1. The van der Waals surface area contributed by atoms with Crippen molar-refractivity contribution in [3.63, 3.8) is 0 Å². The standard InChI is InChI=1S/C17H19NO3S/c1-22(20)16-8-6-14(7-9-16)12-17(19)21-11-3-5-15-4-2-10-18-13-15/h2,4,6-10,13H,3,5,11-12H2,1H3/t22-/m0/s1. The largest absolute Gasteiger partial charge is 0.465 e. The summed E-state index contributed by atoms with van der Waals surface area (Å²) < 4.78 is 16.5. The van der Waals surface area contributed by atoms with E-state index in [1.54, 1.807) is 24.6 Å². The van der Waals surface area contributed by atoms with Gasteiger partial charge < -0.3 is 4.74 Å². The van der Waals surface area contributed by atoms with Gasteiger partial charge in [0.15, 0.2) is 0 Å². The molecule has 2 rings (SSSR count). The number of esters is 1. The Morgan fingerprint density at radius 1 is 1.18 bits per heavy atom. The molecule has 22 heavy (non-hydrogen) atoms. The minimum atomic E-state index is -0.996. The van der Waals surface area contributed by atoms with E-state index in [2.05, 4.69) is 4.98 Å². The number of benzene rings is 1. The SMILES string of the molecule is C[S@](=O)c1ccc(CC(=O)OCCCc2cccnc2)cc1. The monoisotopic (exact) mass is 317 g/mol. The van der Waals surface area contributed by atoms with Crippen LogP contribution in [-0.2, 0) is 33.2 Å². The highest BCUT2D eigenvalue weighted by Gasteiger charge is 2.05. The zero-order valence-corrected chi connectivity index (χ0v) is 13.3. The molecular formula is C17H19NO3S. The Labute approximate surface area is 133 Å². The number of hydrogen-bond donors (Lipinski definition) is 0. The first-order chi connectivity index (χ1) is 10.6. The van der Waals surface area contributed by atoms with Gasteiger partial charge in [0.1, 0.15) is 0 Å². The highest BCUT2D eigenvalue weighted by Crippen LogP contribution is 2.09. The van der Waals surface area contributed by atoms with Crippen molar-refractivity contribution < 1.29 is 13.7 Å². The van der Waals surface area contributed by atoms with Crippen LogP contribution in [0.4, 0.5) is 0 Å². The quantitative estimate of drug-likeness (QED) is 0.582. The maximum atomic E-state index is 11.7. The molecule has 0 bridgehead atoms. The van der Waals surface area contributed by atoms with E-state index >= 15 is 0 Å². The van der Waals surface area contributed by atoms with E-state index in [1.807, 2.05) is 30.5 Å². The summed E-state index contributed by atoms with van der Waals surface area (Å²) in [4.78, 5) is 16.6. The van der Waals surface area contributed by atoms with Gasteiger partial charge in [-0.05, 0) is 42.2 Å². The van der Waals surface area contributed by atoms with Crippen molar-refractivity contribution in [2.24, 2.45) is 0 Å². The second-order valence-electron chi connectivity index (χ2n) is 4.96. The molecule has 0 spiro atoms. The summed E-state index contributed by atoms with van der Waals surface area (Å²) in [6.07, 6.45) is 7.06. The van der Waals surface area contributed by atoms with Crippen LogP contribution in [0.15, 0.2) is 53.7 Å². The maximum absolute atomic E-state index is 11.7. The van der Waals surface area contributed by atoms with E-state index < -0.39 is 10.8 Å². The summed E-state index contributed by atoms with van der Waals surface area (Å²) in [6.45, 7) is 0.408. The van der Waals surface area contributed by atoms with Crippen LogP contribution in [-0.4, -0.2) is 28.0 Å². The molecule has 0 unspecified atom stereocenters. The van der Waals surface area contributed by atoms with Gasteiger partial charge in [0, 0.05) is 34.3 Å². The van der Waals surface area contributed by atoms with E-state index in [9.17, 15) is 9.00 Å². The van der Waals surface area contributed by atoms with Gasteiger partial charge in [0.05, 0.1) is 13.0 Å². The zero-order valence-electron chi connectivity index (χ0n) is 12.5. The molecule has 0 fully saturated rings. The Bertz CT molecular complexity index is 626. The molecule has 5 heteroatoms. The van der Waals surface area contributed by atoms with Crippen LogP contribution in [0.2, 0.25) is 0 Å². The third-order valence-corrected chi connectivity index (χ3v) is 4.14. The molecule has 0 saturated carbocycles. The van der Waals surface area contributed by atoms with Gasteiger partial charge in [0.25, 0.3) is 0 Å². The molecular weight excluding hydrogens is 298 g/mol. The van der Waals surface area contributed by atoms with Gasteiger partial charge in [-0.25, -0.2) is 0 Å². The zero-order chi connectivity index (χ0) is 15.8. The molecule has 116 valence electrons. The molecule has 0 N–H and O–H groups in total. The van der Waals surface area contributed by atoms with E-state index in [-0.39, 0.29) is 12.4 Å². The molecule has 0 aliphatic carbocycles. The van der Waals surface area contributed by atoms with Crippen molar-refractivity contribution in [1.29, 1.82) is 0 Å². The summed E-state index contributed by atoms with van der Waals surface area (Å²) in [5.41, 5.74) is 2.01. The van der Waals surface area contributed by atoms with Crippen LogP contribution >= 0.6 is 0 Å². The highest BCUT2D eigenvalue weighted by molar-refractivity contribution is 7.84. The van der Waals surface area contributed by atoms with Crippen LogP contribution in [0.25, 0.3) is 0 Å². The number of nitrogens with zero attached hydrogens (tertiary/aromatic N) is 1. The Hall–Kier alpha value is -2.01. The third kappa shape index (κ3) is 5.41. The lowest BCUT2D eigenvalue weighted by molar-refractivity contribution is -0.142. The number of hydrogen-bond acceptors (Lipinski definition) is 4. The molecule has 0 amide bonds. The number of carbonyl (C=O) groups excluding carboxylic acids is 1. The number of carbonyl (C=O) groups is 1. The molecule has 1 atom stereocenters. The smallest absolute Gasteiger partial charge is 0.310 e. The Balaban J connectivity index is 1.70. The van der Waals surface area contributed by atoms with E-state index in [4.69, 9.17) is 4.74 Å². The van der Waals surface area contributed by atoms with Gasteiger partial charge in [0.2, 0.25) is 0 Å². The number of rotatable bonds is 7. The number of ether oxygens (including phenoxy) is 1. The van der Waals surface area contributed by atoms with Crippen LogP contribution in [0, 0.1) is 0 Å².